The Balaban J connectivity index is 2.32. The van der Waals surface area contributed by atoms with Crippen molar-refractivity contribution in [3.63, 3.8) is 0 Å². The minimum absolute atomic E-state index is 0.0979. The van der Waals surface area contributed by atoms with Gasteiger partial charge in [-0.1, -0.05) is 6.07 Å². The third kappa shape index (κ3) is 1.82. The van der Waals surface area contributed by atoms with Crippen molar-refractivity contribution >= 4 is 5.97 Å². The van der Waals surface area contributed by atoms with Crippen LogP contribution in [-0.4, -0.2) is 20.6 Å². The lowest BCUT2D eigenvalue weighted by Gasteiger charge is -2.27. The second kappa shape index (κ2) is 4.30. The lowest BCUT2D eigenvalue weighted by Crippen LogP contribution is -2.24. The van der Waals surface area contributed by atoms with Crippen LogP contribution in [0.5, 0.6) is 0 Å². The quantitative estimate of drug-likeness (QED) is 0.860. The van der Waals surface area contributed by atoms with Crippen LogP contribution in [0, 0.1) is 6.92 Å². The Labute approximate surface area is 115 Å². The Hall–Kier alpha value is -2.43. The topological polar surface area (TPSA) is 72.2 Å². The third-order valence-electron chi connectivity index (χ3n) is 3.66. The van der Waals surface area contributed by atoms with Gasteiger partial charge in [-0.15, -0.1) is 0 Å². The molecule has 0 radical (unpaired) electrons. The van der Waals surface area contributed by atoms with Crippen LogP contribution in [0.3, 0.4) is 0 Å². The van der Waals surface area contributed by atoms with E-state index < -0.39 is 11.4 Å². The SMILES string of the molecule is Cc1ccc2c(n1)-c1cc(=O)c(C(=O)O)cn1[C@H](C)C2. The Kier molecular flexibility index (Phi) is 2.71. The van der Waals surface area contributed by atoms with E-state index >= 15 is 0 Å². The molecule has 1 atom stereocenters. The maximum atomic E-state index is 11.9. The van der Waals surface area contributed by atoms with Gasteiger partial charge in [0.15, 0.2) is 5.43 Å². The van der Waals surface area contributed by atoms with Crippen LogP contribution >= 0.6 is 0 Å². The summed E-state index contributed by atoms with van der Waals surface area (Å²) in [5.74, 6) is -1.19. The van der Waals surface area contributed by atoms with E-state index in [1.165, 1.54) is 12.3 Å². The summed E-state index contributed by atoms with van der Waals surface area (Å²) in [6.07, 6.45) is 2.20. The molecular formula is C15H14N2O3. The molecule has 3 rings (SSSR count). The van der Waals surface area contributed by atoms with Crippen molar-refractivity contribution in [3.8, 4) is 11.4 Å². The zero-order valence-corrected chi connectivity index (χ0v) is 11.3. The molecule has 0 bridgehead atoms. The van der Waals surface area contributed by atoms with E-state index in [0.29, 0.717) is 5.69 Å². The first-order valence-electron chi connectivity index (χ1n) is 6.43. The Morgan fingerprint density at radius 2 is 2.20 bits per heavy atom. The summed E-state index contributed by atoms with van der Waals surface area (Å²) < 4.78 is 1.83. The van der Waals surface area contributed by atoms with Crippen molar-refractivity contribution in [1.29, 1.82) is 0 Å². The predicted octanol–water partition coefficient (Wildman–Crippen LogP) is 2.03. The Morgan fingerprint density at radius 3 is 2.90 bits per heavy atom. The molecule has 5 nitrogen and oxygen atoms in total. The normalized spacial score (nSPS) is 16.4. The lowest BCUT2D eigenvalue weighted by atomic mass is 9.96. The molecule has 0 saturated heterocycles. The fourth-order valence-electron chi connectivity index (χ4n) is 2.65. The van der Waals surface area contributed by atoms with Crippen LogP contribution in [0.2, 0.25) is 0 Å². The number of aromatic nitrogens is 2. The van der Waals surface area contributed by atoms with E-state index in [1.54, 1.807) is 0 Å². The van der Waals surface area contributed by atoms with Gasteiger partial charge in [-0.3, -0.25) is 9.78 Å². The average molecular weight is 270 g/mol. The molecule has 0 amide bonds. The molecule has 0 spiro atoms. The molecule has 0 fully saturated rings. The minimum atomic E-state index is -1.19. The molecular weight excluding hydrogens is 256 g/mol. The summed E-state index contributed by atoms with van der Waals surface area (Å²) >= 11 is 0. The Morgan fingerprint density at radius 1 is 1.45 bits per heavy atom. The zero-order chi connectivity index (χ0) is 14.4. The van der Waals surface area contributed by atoms with Gasteiger partial charge >= 0.3 is 5.97 Å². The van der Waals surface area contributed by atoms with Crippen LogP contribution in [-0.2, 0) is 6.42 Å². The van der Waals surface area contributed by atoms with Gasteiger partial charge in [-0.05, 0) is 31.9 Å². The second-order valence-electron chi connectivity index (χ2n) is 5.16. The average Bonchev–Trinajstić information content (AvgIpc) is 2.39. The smallest absolute Gasteiger partial charge is 0.341 e. The molecule has 1 aliphatic heterocycles. The maximum absolute atomic E-state index is 11.9. The summed E-state index contributed by atoms with van der Waals surface area (Å²) in [7, 11) is 0. The molecule has 102 valence electrons. The van der Waals surface area contributed by atoms with Gasteiger partial charge in [-0.2, -0.15) is 0 Å². The van der Waals surface area contributed by atoms with Crippen LogP contribution < -0.4 is 5.43 Å². The number of nitrogens with zero attached hydrogens (tertiary/aromatic N) is 2. The van der Waals surface area contributed by atoms with E-state index in [0.717, 1.165) is 23.4 Å². The fraction of sp³-hybridized carbons (Fsp3) is 0.267. The molecule has 2 aromatic heterocycles. The van der Waals surface area contributed by atoms with Crippen molar-refractivity contribution in [1.82, 2.24) is 9.55 Å². The lowest BCUT2D eigenvalue weighted by molar-refractivity contribution is 0.0694. The molecule has 0 aromatic carbocycles. The number of carboxylic acids is 1. The summed E-state index contributed by atoms with van der Waals surface area (Å²) in [5.41, 5.74) is 2.75. The monoisotopic (exact) mass is 270 g/mol. The number of pyridine rings is 2. The molecule has 3 heterocycles. The summed E-state index contributed by atoms with van der Waals surface area (Å²) in [6.45, 7) is 3.90. The van der Waals surface area contributed by atoms with Crippen LogP contribution in [0.4, 0.5) is 0 Å². The van der Waals surface area contributed by atoms with Gasteiger partial charge < -0.3 is 9.67 Å². The molecule has 1 aliphatic rings. The number of aromatic carboxylic acids is 1. The van der Waals surface area contributed by atoms with Gasteiger partial charge in [-0.25, -0.2) is 4.79 Å². The Bertz CT molecular complexity index is 777. The molecule has 1 N–H and O–H groups in total. The van der Waals surface area contributed by atoms with Gasteiger partial charge in [0.25, 0.3) is 0 Å². The van der Waals surface area contributed by atoms with Crippen LogP contribution in [0.15, 0.2) is 29.2 Å². The van der Waals surface area contributed by atoms with Crippen molar-refractivity contribution in [2.75, 3.05) is 0 Å². The van der Waals surface area contributed by atoms with E-state index in [9.17, 15) is 9.59 Å². The van der Waals surface area contributed by atoms with E-state index in [1.807, 2.05) is 30.5 Å². The summed E-state index contributed by atoms with van der Waals surface area (Å²) in [4.78, 5) is 27.5. The number of fused-ring (bicyclic) bond motifs is 3. The number of carboxylic acid groups (broad SMARTS) is 1. The third-order valence-corrected chi connectivity index (χ3v) is 3.66. The van der Waals surface area contributed by atoms with Gasteiger partial charge in [0.05, 0.1) is 11.4 Å². The largest absolute Gasteiger partial charge is 0.477 e. The molecule has 0 unspecified atom stereocenters. The molecule has 5 heteroatoms. The first-order valence-corrected chi connectivity index (χ1v) is 6.43. The van der Waals surface area contributed by atoms with E-state index in [-0.39, 0.29) is 11.6 Å². The number of aryl methyl sites for hydroxylation is 1. The van der Waals surface area contributed by atoms with Crippen molar-refractivity contribution < 1.29 is 9.90 Å². The van der Waals surface area contributed by atoms with Crippen molar-refractivity contribution in [2.24, 2.45) is 0 Å². The fourth-order valence-corrected chi connectivity index (χ4v) is 2.65. The van der Waals surface area contributed by atoms with E-state index in [4.69, 9.17) is 5.11 Å². The van der Waals surface area contributed by atoms with Crippen LogP contribution in [0.1, 0.15) is 34.6 Å². The molecule has 0 saturated carbocycles. The summed E-state index contributed by atoms with van der Waals surface area (Å²) in [5, 5.41) is 9.06. The second-order valence-corrected chi connectivity index (χ2v) is 5.16. The number of hydrogen-bond donors (Lipinski definition) is 1. The van der Waals surface area contributed by atoms with Crippen LogP contribution in [0.25, 0.3) is 11.4 Å². The van der Waals surface area contributed by atoms with Crippen molar-refractivity contribution in [2.45, 2.75) is 26.3 Å². The highest BCUT2D eigenvalue weighted by molar-refractivity contribution is 5.87. The number of rotatable bonds is 1. The highest BCUT2D eigenvalue weighted by Gasteiger charge is 2.24. The van der Waals surface area contributed by atoms with E-state index in [2.05, 4.69) is 4.98 Å². The summed E-state index contributed by atoms with van der Waals surface area (Å²) in [6, 6.07) is 5.45. The van der Waals surface area contributed by atoms with Gasteiger partial charge in [0, 0.05) is 24.0 Å². The molecule has 2 aromatic rings. The number of hydrogen-bond acceptors (Lipinski definition) is 3. The highest BCUT2D eigenvalue weighted by Crippen LogP contribution is 2.32. The van der Waals surface area contributed by atoms with Gasteiger partial charge in [0.1, 0.15) is 5.56 Å². The standard InChI is InChI=1S/C15H14N2O3/c1-8-3-4-10-5-9(2)17-7-11(15(19)20)13(18)6-12(17)14(10)16-8/h3-4,6-7,9H,5H2,1-2H3,(H,19,20)/t9-/m1/s1. The highest BCUT2D eigenvalue weighted by atomic mass is 16.4. The number of carbonyl (C=O) groups is 1. The first kappa shape index (κ1) is 12.6. The molecule has 0 aliphatic carbocycles. The zero-order valence-electron chi connectivity index (χ0n) is 11.3. The van der Waals surface area contributed by atoms with Crippen molar-refractivity contribution in [3.05, 3.63) is 51.4 Å². The maximum Gasteiger partial charge on any atom is 0.341 e. The molecule has 20 heavy (non-hydrogen) atoms. The minimum Gasteiger partial charge on any atom is -0.477 e. The predicted molar refractivity (Wildman–Crippen MR) is 74.0 cm³/mol. The first-order chi connectivity index (χ1) is 9.47. The van der Waals surface area contributed by atoms with Gasteiger partial charge in [0.2, 0.25) is 0 Å².